The van der Waals surface area contributed by atoms with E-state index in [0.29, 0.717) is 5.56 Å². The molecule has 3 aromatic carbocycles. The molecule has 0 bridgehead atoms. The first kappa shape index (κ1) is 34.8. The lowest BCUT2D eigenvalue weighted by Gasteiger charge is -2.43. The molecular formula is C39H56O3Si. The molecule has 1 N–H and O–H groups in total. The van der Waals surface area contributed by atoms with Gasteiger partial charge in [-0.1, -0.05) is 104 Å². The number of carboxylic acids is 1. The first-order valence-corrected chi connectivity index (χ1v) is 19.0. The molecular weight excluding hydrogens is 545 g/mol. The molecule has 0 amide bonds. The monoisotopic (exact) mass is 600 g/mol. The lowest BCUT2D eigenvalue weighted by Crippen LogP contribution is -2.47. The van der Waals surface area contributed by atoms with Crippen LogP contribution in [0.5, 0.6) is 0 Å². The number of aromatic carboxylic acids is 1. The summed E-state index contributed by atoms with van der Waals surface area (Å²) >= 11 is 0. The molecule has 0 aliphatic carbocycles. The zero-order valence-electron chi connectivity index (χ0n) is 28.9. The van der Waals surface area contributed by atoms with Crippen LogP contribution < -0.4 is 0 Å². The molecule has 0 saturated heterocycles. The van der Waals surface area contributed by atoms with Crippen molar-refractivity contribution in [3.05, 3.63) is 94.0 Å². The van der Waals surface area contributed by atoms with E-state index in [4.69, 9.17) is 4.43 Å². The molecule has 0 aliphatic rings. The summed E-state index contributed by atoms with van der Waals surface area (Å²) in [5, 5.41) is 9.66. The van der Waals surface area contributed by atoms with Crippen molar-refractivity contribution in [1.29, 1.82) is 0 Å². The van der Waals surface area contributed by atoms with Gasteiger partial charge in [0.2, 0.25) is 0 Å². The summed E-state index contributed by atoms with van der Waals surface area (Å²) in [7, 11) is -1.88. The fourth-order valence-electron chi connectivity index (χ4n) is 6.10. The second kappa shape index (κ2) is 13.1. The molecule has 1 unspecified atom stereocenters. The van der Waals surface area contributed by atoms with Crippen molar-refractivity contribution in [2.24, 2.45) is 5.41 Å². The van der Waals surface area contributed by atoms with Gasteiger partial charge in [0.1, 0.15) is 0 Å². The number of carbonyl (C=O) groups is 1. The number of hydrogen-bond acceptors (Lipinski definition) is 2. The van der Waals surface area contributed by atoms with Gasteiger partial charge < -0.3 is 9.53 Å². The third kappa shape index (κ3) is 7.70. The fourth-order valence-corrected chi connectivity index (χ4v) is 7.64. The SMILES string of the molecule is CCC(CC)(c1ccc(CCC(O[Si](C)(C)C(C)(C)C)C(C)(C)C)c(C)c1)c1ccc(-c2cccc(C(=O)O)c2)c(C)c1. The van der Waals surface area contributed by atoms with Crippen LogP contribution in [0.4, 0.5) is 0 Å². The summed E-state index contributed by atoms with van der Waals surface area (Å²) in [6.45, 7) is 27.6. The van der Waals surface area contributed by atoms with E-state index in [0.717, 1.165) is 42.4 Å². The molecule has 1 atom stereocenters. The Morgan fingerprint density at radius 1 is 0.837 bits per heavy atom. The minimum absolute atomic E-state index is 0.0852. The first-order valence-electron chi connectivity index (χ1n) is 16.1. The van der Waals surface area contributed by atoms with Gasteiger partial charge in [0.15, 0.2) is 8.32 Å². The van der Waals surface area contributed by atoms with Gasteiger partial charge in [-0.05, 0) is 114 Å². The van der Waals surface area contributed by atoms with E-state index in [1.54, 1.807) is 12.1 Å². The van der Waals surface area contributed by atoms with Crippen molar-refractivity contribution < 1.29 is 14.3 Å². The van der Waals surface area contributed by atoms with Crippen LogP contribution in [0.15, 0.2) is 60.7 Å². The van der Waals surface area contributed by atoms with E-state index >= 15 is 0 Å². The lowest BCUT2D eigenvalue weighted by atomic mass is 9.69. The number of aryl methyl sites for hydroxylation is 3. The second-order valence-corrected chi connectivity index (χ2v) is 19.9. The van der Waals surface area contributed by atoms with Gasteiger partial charge in [-0.2, -0.15) is 0 Å². The number of benzene rings is 3. The average Bonchev–Trinajstić information content (AvgIpc) is 2.91. The number of carboxylic acid groups (broad SMARTS) is 1. The third-order valence-corrected chi connectivity index (χ3v) is 14.7. The molecule has 0 heterocycles. The molecule has 4 heteroatoms. The minimum atomic E-state index is -1.88. The minimum Gasteiger partial charge on any atom is -0.478 e. The van der Waals surface area contributed by atoms with Gasteiger partial charge in [-0.15, -0.1) is 0 Å². The van der Waals surface area contributed by atoms with E-state index in [1.807, 2.05) is 12.1 Å². The van der Waals surface area contributed by atoms with Crippen molar-refractivity contribution >= 4 is 14.3 Å². The van der Waals surface area contributed by atoms with Gasteiger partial charge >= 0.3 is 5.97 Å². The predicted molar refractivity (Wildman–Crippen MR) is 186 cm³/mol. The highest BCUT2D eigenvalue weighted by Crippen LogP contribution is 2.43. The summed E-state index contributed by atoms with van der Waals surface area (Å²) in [5.74, 6) is -0.900. The highest BCUT2D eigenvalue weighted by molar-refractivity contribution is 6.74. The molecule has 0 fully saturated rings. The van der Waals surface area contributed by atoms with Gasteiger partial charge in [0.25, 0.3) is 0 Å². The van der Waals surface area contributed by atoms with Crippen LogP contribution in [0.2, 0.25) is 18.1 Å². The van der Waals surface area contributed by atoms with Crippen LogP contribution >= 0.6 is 0 Å². The number of hydrogen-bond donors (Lipinski definition) is 1. The largest absolute Gasteiger partial charge is 0.478 e. The first-order chi connectivity index (χ1) is 19.9. The van der Waals surface area contributed by atoms with E-state index in [1.165, 1.54) is 22.3 Å². The Bertz CT molecular complexity index is 1420. The zero-order valence-corrected chi connectivity index (χ0v) is 29.9. The summed E-state index contributed by atoms with van der Waals surface area (Å²) < 4.78 is 6.98. The normalized spacial score (nSPS) is 13.7. The molecule has 3 aromatic rings. The summed E-state index contributed by atoms with van der Waals surface area (Å²) in [6.07, 6.45) is 4.25. The molecule has 0 aliphatic heterocycles. The van der Waals surface area contributed by atoms with Crippen LogP contribution in [0.3, 0.4) is 0 Å². The summed E-state index contributed by atoms with van der Waals surface area (Å²) in [5.41, 5.74) is 8.92. The van der Waals surface area contributed by atoms with Gasteiger partial charge in [-0.3, -0.25) is 0 Å². The average molecular weight is 601 g/mol. The Labute approximate surface area is 263 Å². The van der Waals surface area contributed by atoms with Crippen molar-refractivity contribution in [1.82, 2.24) is 0 Å². The molecule has 43 heavy (non-hydrogen) atoms. The topological polar surface area (TPSA) is 46.5 Å². The van der Waals surface area contributed by atoms with Gasteiger partial charge in [-0.25, -0.2) is 4.79 Å². The van der Waals surface area contributed by atoms with E-state index < -0.39 is 14.3 Å². The molecule has 0 spiro atoms. The smallest absolute Gasteiger partial charge is 0.335 e. The van der Waals surface area contributed by atoms with Crippen LogP contribution in [-0.2, 0) is 16.3 Å². The van der Waals surface area contributed by atoms with E-state index in [9.17, 15) is 9.90 Å². The predicted octanol–water partition coefficient (Wildman–Crippen LogP) is 11.1. The zero-order chi connectivity index (χ0) is 32.4. The third-order valence-electron chi connectivity index (χ3n) is 10.2. The van der Waals surface area contributed by atoms with Crippen LogP contribution in [0.1, 0.15) is 113 Å². The van der Waals surface area contributed by atoms with Crippen molar-refractivity contribution in [3.63, 3.8) is 0 Å². The van der Waals surface area contributed by atoms with Crippen LogP contribution in [0.25, 0.3) is 11.1 Å². The summed E-state index contributed by atoms with van der Waals surface area (Å²) in [4.78, 5) is 11.5. The maximum absolute atomic E-state index is 11.5. The Morgan fingerprint density at radius 2 is 1.42 bits per heavy atom. The van der Waals surface area contributed by atoms with Crippen LogP contribution in [0, 0.1) is 19.3 Å². The molecule has 0 aromatic heterocycles. The van der Waals surface area contributed by atoms with E-state index in [-0.39, 0.29) is 22.0 Å². The van der Waals surface area contributed by atoms with Gasteiger partial charge in [0.05, 0.1) is 11.7 Å². The van der Waals surface area contributed by atoms with Crippen LogP contribution in [-0.4, -0.2) is 25.5 Å². The fraction of sp³-hybridized carbons (Fsp3) is 0.513. The van der Waals surface area contributed by atoms with Gasteiger partial charge in [0, 0.05) is 5.41 Å². The lowest BCUT2D eigenvalue weighted by molar-refractivity contribution is 0.0657. The quantitative estimate of drug-likeness (QED) is 0.223. The standard InChI is InChI=1S/C39H56O3Si/c1-13-39(14-2,33-21-22-34(28(4)25-33)30-16-15-17-31(26-30)36(40)41)32-20-18-29(27(3)24-32)19-23-35(37(5,6)7)42-43(11,12)38(8,9)10/h15-18,20-22,24-26,35H,13-14,19,23H2,1-12H3,(H,40,41). The Morgan fingerprint density at radius 3 is 1.91 bits per heavy atom. The molecule has 3 rings (SSSR count). The molecule has 0 saturated carbocycles. The summed E-state index contributed by atoms with van der Waals surface area (Å²) in [6, 6.07) is 21.1. The number of rotatable bonds is 11. The Hall–Kier alpha value is -2.69. The van der Waals surface area contributed by atoms with E-state index in [2.05, 4.69) is 119 Å². The molecule has 0 radical (unpaired) electrons. The van der Waals surface area contributed by atoms with Crippen molar-refractivity contribution in [2.75, 3.05) is 0 Å². The van der Waals surface area contributed by atoms with Crippen molar-refractivity contribution in [3.8, 4) is 11.1 Å². The second-order valence-electron chi connectivity index (χ2n) is 15.1. The maximum atomic E-state index is 11.5. The maximum Gasteiger partial charge on any atom is 0.335 e. The Kier molecular flexibility index (Phi) is 10.6. The highest BCUT2D eigenvalue weighted by Gasteiger charge is 2.41. The Balaban J connectivity index is 1.91. The van der Waals surface area contributed by atoms with Crippen molar-refractivity contribution in [2.45, 2.75) is 125 Å². The highest BCUT2D eigenvalue weighted by atomic mass is 28.4. The molecule has 3 nitrogen and oxygen atoms in total. The molecule has 234 valence electrons.